The molecule has 2 heterocycles. The minimum Gasteiger partial charge on any atom is -0.462 e. The van der Waals surface area contributed by atoms with Crippen LogP contribution in [0.5, 0.6) is 0 Å². The van der Waals surface area contributed by atoms with Crippen molar-refractivity contribution in [1.82, 2.24) is 9.13 Å². The number of ether oxygens (including phenoxy) is 1. The van der Waals surface area contributed by atoms with Crippen molar-refractivity contribution in [3.63, 3.8) is 0 Å². The molecule has 2 aromatic heterocycles. The molecule has 5 aromatic carbocycles. The molecule has 8 nitrogen and oxygen atoms in total. The molecule has 238 valence electrons. The SMILES string of the molecule is CCOC(=O)c1cc(Nc2ccc3c(c2)c2ccccc2n3CC)c(C(=O)C#CO)cc1Nc1ccc2c(c1)c1ccccc1n2CC. The van der Waals surface area contributed by atoms with Crippen molar-refractivity contribution in [3.05, 3.63) is 108 Å². The number of Topliss-reactive ketones (excluding diaryl/α,β-unsaturated/α-hetero) is 1. The number of aliphatic hydroxyl groups is 1. The number of benzene rings is 5. The Bertz CT molecular complexity index is 2460. The third kappa shape index (κ3) is 5.16. The number of rotatable bonds is 9. The van der Waals surface area contributed by atoms with Gasteiger partial charge >= 0.3 is 5.97 Å². The van der Waals surface area contributed by atoms with Crippen molar-refractivity contribution in [2.24, 2.45) is 0 Å². The molecule has 48 heavy (non-hydrogen) atoms. The fourth-order valence-electron chi connectivity index (χ4n) is 6.75. The van der Waals surface area contributed by atoms with Gasteiger partial charge in [-0.15, -0.1) is 0 Å². The summed E-state index contributed by atoms with van der Waals surface area (Å²) < 4.78 is 9.99. The number of hydrogen-bond donors (Lipinski definition) is 3. The van der Waals surface area contributed by atoms with Crippen LogP contribution in [0, 0.1) is 12.0 Å². The van der Waals surface area contributed by atoms with E-state index in [9.17, 15) is 14.7 Å². The van der Waals surface area contributed by atoms with E-state index in [0.717, 1.165) is 68.1 Å². The molecular weight excluding hydrogens is 600 g/mol. The van der Waals surface area contributed by atoms with Crippen molar-refractivity contribution in [2.75, 3.05) is 17.2 Å². The second kappa shape index (κ2) is 12.5. The smallest absolute Gasteiger partial charge is 0.340 e. The summed E-state index contributed by atoms with van der Waals surface area (Å²) in [6, 6.07) is 31.8. The number of para-hydroxylation sites is 2. The van der Waals surface area contributed by atoms with E-state index in [0.29, 0.717) is 11.4 Å². The van der Waals surface area contributed by atoms with Gasteiger partial charge in [-0.05, 0) is 81.4 Å². The number of ketones is 1. The molecule has 0 aliphatic carbocycles. The van der Waals surface area contributed by atoms with Gasteiger partial charge in [-0.1, -0.05) is 36.4 Å². The van der Waals surface area contributed by atoms with Crippen molar-refractivity contribution in [2.45, 2.75) is 33.9 Å². The Morgan fingerprint density at radius 3 is 1.62 bits per heavy atom. The van der Waals surface area contributed by atoms with Gasteiger partial charge in [-0.2, -0.15) is 0 Å². The van der Waals surface area contributed by atoms with Crippen LogP contribution in [0.3, 0.4) is 0 Å². The highest BCUT2D eigenvalue weighted by Gasteiger charge is 2.21. The molecule has 0 atom stereocenters. The summed E-state index contributed by atoms with van der Waals surface area (Å²) in [6.07, 6.45) is 1.74. The minimum absolute atomic E-state index is 0.179. The van der Waals surface area contributed by atoms with Gasteiger partial charge in [-0.3, -0.25) is 4.79 Å². The largest absolute Gasteiger partial charge is 0.462 e. The summed E-state index contributed by atoms with van der Waals surface area (Å²) >= 11 is 0. The van der Waals surface area contributed by atoms with E-state index in [1.807, 2.05) is 54.6 Å². The second-order valence-electron chi connectivity index (χ2n) is 11.5. The van der Waals surface area contributed by atoms with Gasteiger partial charge in [0.05, 0.1) is 29.1 Å². The Morgan fingerprint density at radius 2 is 1.12 bits per heavy atom. The van der Waals surface area contributed by atoms with E-state index in [-0.39, 0.29) is 17.7 Å². The first-order chi connectivity index (χ1) is 23.4. The summed E-state index contributed by atoms with van der Waals surface area (Å²) in [6.45, 7) is 7.81. The molecule has 7 rings (SSSR count). The Balaban J connectivity index is 1.35. The van der Waals surface area contributed by atoms with E-state index in [1.54, 1.807) is 25.2 Å². The normalized spacial score (nSPS) is 11.1. The zero-order valence-corrected chi connectivity index (χ0v) is 26.9. The van der Waals surface area contributed by atoms with Crippen molar-refractivity contribution in [1.29, 1.82) is 0 Å². The Morgan fingerprint density at radius 1 is 0.646 bits per heavy atom. The Kier molecular flexibility index (Phi) is 7.95. The number of anilines is 4. The maximum Gasteiger partial charge on any atom is 0.340 e. The Hall–Kier alpha value is -6.20. The van der Waals surface area contributed by atoms with Gasteiger partial charge in [0.1, 0.15) is 6.11 Å². The molecule has 3 N–H and O–H groups in total. The first kappa shape index (κ1) is 30.5. The number of fused-ring (bicyclic) bond motifs is 6. The van der Waals surface area contributed by atoms with Crippen molar-refractivity contribution >= 4 is 78.1 Å². The van der Waals surface area contributed by atoms with E-state index in [1.165, 1.54) is 0 Å². The molecule has 0 unspecified atom stereocenters. The zero-order chi connectivity index (χ0) is 33.4. The average molecular weight is 635 g/mol. The fraction of sp³-hybridized carbons (Fsp3) is 0.150. The van der Waals surface area contributed by atoms with Crippen LogP contribution in [-0.2, 0) is 17.8 Å². The topological polar surface area (TPSA) is 97.5 Å². The molecule has 0 fully saturated rings. The average Bonchev–Trinajstić information content (AvgIpc) is 3.60. The molecule has 7 aromatic rings. The fourth-order valence-corrected chi connectivity index (χ4v) is 6.75. The number of aromatic nitrogens is 2. The third-order valence-corrected chi connectivity index (χ3v) is 8.80. The van der Waals surface area contributed by atoms with Gasteiger partial charge in [0, 0.05) is 74.0 Å². The lowest BCUT2D eigenvalue weighted by Gasteiger charge is -2.17. The quantitative estimate of drug-likeness (QED) is 0.0833. The number of carbonyl (C=O) groups is 2. The van der Waals surface area contributed by atoms with E-state index >= 15 is 0 Å². The Labute approximate surface area is 277 Å². The van der Waals surface area contributed by atoms with Crippen LogP contribution in [0.15, 0.2) is 97.1 Å². The van der Waals surface area contributed by atoms with Crippen LogP contribution in [0.4, 0.5) is 22.7 Å². The minimum atomic E-state index is -0.608. The molecule has 0 aliphatic heterocycles. The number of esters is 1. The lowest BCUT2D eigenvalue weighted by Crippen LogP contribution is -2.12. The first-order valence-corrected chi connectivity index (χ1v) is 16.1. The summed E-state index contributed by atoms with van der Waals surface area (Å²) in [5, 5.41) is 20.5. The van der Waals surface area contributed by atoms with Crippen LogP contribution < -0.4 is 10.6 Å². The molecule has 0 amide bonds. The van der Waals surface area contributed by atoms with Gasteiger partial charge in [-0.25, -0.2) is 4.79 Å². The monoisotopic (exact) mass is 634 g/mol. The van der Waals surface area contributed by atoms with Gasteiger partial charge < -0.3 is 29.6 Å². The van der Waals surface area contributed by atoms with E-state index < -0.39 is 11.8 Å². The molecule has 0 radical (unpaired) electrons. The van der Waals surface area contributed by atoms with Crippen molar-refractivity contribution in [3.8, 4) is 12.0 Å². The maximum atomic E-state index is 13.4. The molecule has 0 aliphatic rings. The highest BCUT2D eigenvalue weighted by atomic mass is 16.5. The van der Waals surface area contributed by atoms with Crippen LogP contribution in [0.1, 0.15) is 41.5 Å². The molecule has 0 bridgehead atoms. The van der Waals surface area contributed by atoms with E-state index in [2.05, 4.69) is 69.9 Å². The van der Waals surface area contributed by atoms with Crippen LogP contribution in [0.25, 0.3) is 43.6 Å². The molecule has 0 saturated carbocycles. The summed E-state index contributed by atoms with van der Waals surface area (Å²) in [7, 11) is 0. The number of aliphatic hydroxyl groups excluding tert-OH is 1. The predicted molar refractivity (Wildman–Crippen MR) is 193 cm³/mol. The molecule has 8 heteroatoms. The number of nitrogens with zero attached hydrogens (tertiary/aromatic N) is 2. The zero-order valence-electron chi connectivity index (χ0n) is 26.9. The lowest BCUT2D eigenvalue weighted by molar-refractivity contribution is 0.0527. The highest BCUT2D eigenvalue weighted by molar-refractivity contribution is 6.15. The molecule has 0 spiro atoms. The highest BCUT2D eigenvalue weighted by Crippen LogP contribution is 2.36. The summed E-state index contributed by atoms with van der Waals surface area (Å²) in [5.41, 5.74) is 7.09. The standard InChI is InChI=1S/C40H34N4O4/c1-4-43-35-13-9-7-11-27(35)29-21-25(15-17-37(29)43)41-33-24-32(40(47)48-6-3)34(23-31(33)39(46)19-20-45)42-26-16-18-38-30(22-26)28-12-8-10-14-36(28)44(38)5-2/h7-18,21-24,41-42,45H,4-6H2,1-3H3. The number of aryl methyl sites for hydroxylation is 2. The number of carbonyl (C=O) groups excluding carboxylic acids is 2. The van der Waals surface area contributed by atoms with Gasteiger partial charge in [0.15, 0.2) is 0 Å². The molecular formula is C40H34N4O4. The van der Waals surface area contributed by atoms with Gasteiger partial charge in [0.2, 0.25) is 5.78 Å². The van der Waals surface area contributed by atoms with E-state index in [4.69, 9.17) is 4.74 Å². The van der Waals surface area contributed by atoms with Crippen LogP contribution in [0.2, 0.25) is 0 Å². The number of nitrogens with one attached hydrogen (secondary N) is 2. The third-order valence-electron chi connectivity index (χ3n) is 8.80. The van der Waals surface area contributed by atoms with Crippen molar-refractivity contribution < 1.29 is 19.4 Å². The lowest BCUT2D eigenvalue weighted by atomic mass is 10.0. The second-order valence-corrected chi connectivity index (χ2v) is 11.5. The molecule has 0 saturated heterocycles. The first-order valence-electron chi connectivity index (χ1n) is 16.1. The summed E-state index contributed by atoms with van der Waals surface area (Å²) in [4.78, 5) is 26.7. The van der Waals surface area contributed by atoms with Crippen LogP contribution in [-0.4, -0.2) is 32.6 Å². The van der Waals surface area contributed by atoms with Crippen LogP contribution >= 0.6 is 0 Å². The van der Waals surface area contributed by atoms with Gasteiger partial charge in [0.25, 0.3) is 0 Å². The number of hydrogen-bond acceptors (Lipinski definition) is 6. The maximum absolute atomic E-state index is 13.4. The summed E-state index contributed by atoms with van der Waals surface area (Å²) in [5.74, 6) is 1.10. The predicted octanol–water partition coefficient (Wildman–Crippen LogP) is 9.12.